The lowest BCUT2D eigenvalue weighted by molar-refractivity contribution is -0.137. The third kappa shape index (κ3) is 8.25. The summed E-state index contributed by atoms with van der Waals surface area (Å²) in [5.41, 5.74) is 9.33. The van der Waals surface area contributed by atoms with Crippen molar-refractivity contribution < 1.29 is 13.2 Å². The molecule has 2 heterocycles. The van der Waals surface area contributed by atoms with Crippen LogP contribution in [0.1, 0.15) is 40.7 Å². The molecule has 2 aliphatic rings. The fraction of sp³-hybridized carbons (Fsp3) is 0.0448. The average Bonchev–Trinajstić information content (AvgIpc) is 4.23. The first-order chi connectivity index (χ1) is 38.0. The molecule has 8 aromatic carbocycles. The van der Waals surface area contributed by atoms with Crippen LogP contribution >= 0.6 is 0 Å². The molecule has 364 valence electrons. The Balaban J connectivity index is 1.24. The molecule has 0 amide bonds. The van der Waals surface area contributed by atoms with E-state index in [-0.39, 0.29) is 22.3 Å². The smallest absolute Gasteiger partial charge is 0.309 e. The van der Waals surface area contributed by atoms with Gasteiger partial charge in [-0.25, -0.2) is 0 Å². The van der Waals surface area contributed by atoms with Crippen LogP contribution in [0.3, 0.4) is 0 Å². The Morgan fingerprint density at radius 2 is 1.00 bits per heavy atom. The molecule has 2 aliphatic carbocycles. The third-order valence-corrected chi connectivity index (χ3v) is 14.6. The van der Waals surface area contributed by atoms with Crippen molar-refractivity contribution in [3.8, 4) is 81.2 Å². The Labute approximate surface area is 444 Å². The summed E-state index contributed by atoms with van der Waals surface area (Å²) in [6, 6.07) is 58.2. The fourth-order valence-electron chi connectivity index (χ4n) is 10.9. The largest absolute Gasteiger partial charge is 0.416 e. The van der Waals surface area contributed by atoms with Crippen LogP contribution in [0.25, 0.3) is 99.5 Å². The van der Waals surface area contributed by atoms with Gasteiger partial charge >= 0.3 is 6.18 Å². The molecule has 0 fully saturated rings. The number of alkyl halides is 3. The standard InChI is InChI=1S/C67H35F3N8/c68-67(69,70)55-26-44(38-75)25-53(27-55)60-33-61(77-62-28-49(45-9-1-5-40(21-45)34-71)13-17-56(62)57-18-14-50(29-63(57)77)46-10-2-6-41(22-46)35-72)54(39-76)32-66(60)78-64-30-51(47-11-3-7-42(23-47)36-73)15-19-58(64)59-20-16-52(31-65(59)78)48-12-4-8-43(24-48)37-74/h1-11,13-22,24-33H,12,23H2. The summed E-state index contributed by atoms with van der Waals surface area (Å²) < 4.78 is 49.2. The molecule has 78 heavy (non-hydrogen) atoms. The van der Waals surface area contributed by atoms with Crippen molar-refractivity contribution >= 4 is 54.8 Å². The van der Waals surface area contributed by atoms with Crippen LogP contribution in [0.4, 0.5) is 13.2 Å². The molecule has 0 radical (unpaired) electrons. The highest BCUT2D eigenvalue weighted by molar-refractivity contribution is 6.13. The van der Waals surface area contributed by atoms with Gasteiger partial charge in [0.15, 0.2) is 0 Å². The molecule has 10 aromatic rings. The first-order valence-corrected chi connectivity index (χ1v) is 24.6. The molecule has 0 saturated carbocycles. The van der Waals surface area contributed by atoms with Crippen LogP contribution in [0, 0.1) is 68.0 Å². The van der Waals surface area contributed by atoms with Gasteiger partial charge in [-0.2, -0.15) is 44.7 Å². The van der Waals surface area contributed by atoms with Crippen molar-refractivity contribution in [2.24, 2.45) is 0 Å². The molecule has 0 bridgehead atoms. The second kappa shape index (κ2) is 18.9. The van der Waals surface area contributed by atoms with Gasteiger partial charge in [0.1, 0.15) is 6.07 Å². The van der Waals surface area contributed by atoms with E-state index in [1.807, 2.05) is 124 Å². The van der Waals surface area contributed by atoms with Crippen molar-refractivity contribution in [1.82, 2.24) is 9.13 Å². The maximum Gasteiger partial charge on any atom is 0.416 e. The van der Waals surface area contributed by atoms with Crippen LogP contribution in [0.2, 0.25) is 0 Å². The minimum Gasteiger partial charge on any atom is -0.309 e. The number of hydrogen-bond acceptors (Lipinski definition) is 6. The van der Waals surface area contributed by atoms with Gasteiger partial charge in [-0.05, 0) is 153 Å². The third-order valence-electron chi connectivity index (χ3n) is 14.6. The minimum absolute atomic E-state index is 0.0648. The highest BCUT2D eigenvalue weighted by Gasteiger charge is 2.32. The predicted octanol–water partition coefficient (Wildman–Crippen LogP) is 14.5. The number of nitriles is 6. The number of fused-ring (bicyclic) bond motifs is 6. The summed E-state index contributed by atoms with van der Waals surface area (Å²) in [5.74, 6) is 0. The second-order valence-electron chi connectivity index (χ2n) is 19.1. The van der Waals surface area contributed by atoms with Crippen LogP contribution in [0.5, 0.6) is 0 Å². The van der Waals surface area contributed by atoms with E-state index in [9.17, 15) is 31.6 Å². The van der Waals surface area contributed by atoms with Gasteiger partial charge in [0, 0.05) is 39.1 Å². The Bertz CT molecular complexity index is 4740. The zero-order valence-electron chi connectivity index (χ0n) is 41.0. The summed E-state index contributed by atoms with van der Waals surface area (Å²) >= 11 is 0. The first kappa shape index (κ1) is 47.8. The lowest BCUT2D eigenvalue weighted by atomic mass is 9.95. The van der Waals surface area contributed by atoms with Crippen molar-refractivity contribution in [2.75, 3.05) is 0 Å². The molecule has 11 heteroatoms. The van der Waals surface area contributed by atoms with E-state index in [4.69, 9.17) is 0 Å². The summed E-state index contributed by atoms with van der Waals surface area (Å²) in [6.07, 6.45) is 7.13. The van der Waals surface area contributed by atoms with Gasteiger partial charge in [0.25, 0.3) is 0 Å². The monoisotopic (exact) mass is 1010 g/mol. The minimum atomic E-state index is -4.85. The van der Waals surface area contributed by atoms with Crippen LogP contribution in [0.15, 0.2) is 199 Å². The lowest BCUT2D eigenvalue weighted by Crippen LogP contribution is -2.10. The Morgan fingerprint density at radius 3 is 1.56 bits per heavy atom. The Kier molecular flexibility index (Phi) is 11.6. The predicted molar refractivity (Wildman–Crippen MR) is 296 cm³/mol. The summed E-state index contributed by atoms with van der Waals surface area (Å²) in [5, 5.41) is 66.4. The first-order valence-electron chi connectivity index (χ1n) is 24.6. The van der Waals surface area contributed by atoms with Crippen LogP contribution in [-0.2, 0) is 6.18 Å². The summed E-state index contributed by atoms with van der Waals surface area (Å²) in [7, 11) is 0. The number of halogens is 3. The van der Waals surface area contributed by atoms with Gasteiger partial charge in [0.05, 0.1) is 97.2 Å². The average molecular weight is 1010 g/mol. The number of hydrogen-bond donors (Lipinski definition) is 0. The normalized spacial score (nSPS) is 14.5. The van der Waals surface area contributed by atoms with Crippen LogP contribution in [-0.4, -0.2) is 9.13 Å². The SMILES string of the molecule is N#CC1=CC(=c2ccc3c4ccc(=C5C=CC=C(C#N)C5)cc4n(-c4cc(C#N)c(-n5c6cc(-c7cccc(C#N)c7)ccc6c6ccc(-c7cccc(C#N)c7)cc65)cc4-c4cc(C#N)cc(C(F)(F)F)c4)c3c2)CC=C1. The molecule has 0 aliphatic heterocycles. The number of nitrogens with zero attached hydrogens (tertiary/aromatic N) is 8. The Hall–Kier alpha value is -11.2. The summed E-state index contributed by atoms with van der Waals surface area (Å²) in [6.45, 7) is 0. The Morgan fingerprint density at radius 1 is 0.449 bits per heavy atom. The van der Waals surface area contributed by atoms with E-state index in [0.29, 0.717) is 68.6 Å². The second-order valence-corrected chi connectivity index (χ2v) is 19.1. The zero-order chi connectivity index (χ0) is 53.8. The highest BCUT2D eigenvalue weighted by atomic mass is 19.4. The molecule has 0 spiro atoms. The van der Waals surface area contributed by atoms with E-state index in [2.05, 4.69) is 30.3 Å². The maximum atomic E-state index is 15.1. The van der Waals surface area contributed by atoms with Gasteiger partial charge in [-0.15, -0.1) is 0 Å². The topological polar surface area (TPSA) is 153 Å². The zero-order valence-corrected chi connectivity index (χ0v) is 41.0. The van der Waals surface area contributed by atoms with E-state index < -0.39 is 11.7 Å². The van der Waals surface area contributed by atoms with Gasteiger partial charge < -0.3 is 9.13 Å². The molecular weight excluding hydrogens is 974 g/mol. The molecular formula is C67H35F3N8. The van der Waals surface area contributed by atoms with Crippen LogP contribution < -0.4 is 10.4 Å². The van der Waals surface area contributed by atoms with Gasteiger partial charge in [-0.3, -0.25) is 0 Å². The maximum absolute atomic E-state index is 15.1. The fourth-order valence-corrected chi connectivity index (χ4v) is 10.9. The highest BCUT2D eigenvalue weighted by Crippen LogP contribution is 2.44. The van der Waals surface area contributed by atoms with Crippen molar-refractivity contribution in [3.05, 3.63) is 238 Å². The molecule has 12 rings (SSSR count). The quantitative estimate of drug-likeness (QED) is 0.167. The van der Waals surface area contributed by atoms with Gasteiger partial charge in [0.2, 0.25) is 0 Å². The van der Waals surface area contributed by atoms with E-state index in [0.717, 1.165) is 77.5 Å². The number of aromatic nitrogens is 2. The molecule has 0 unspecified atom stereocenters. The molecule has 8 nitrogen and oxygen atoms in total. The van der Waals surface area contributed by atoms with Gasteiger partial charge in [-0.1, -0.05) is 91.0 Å². The molecule has 0 saturated heterocycles. The molecule has 0 N–H and O–H groups in total. The van der Waals surface area contributed by atoms with Crippen molar-refractivity contribution in [1.29, 1.82) is 31.6 Å². The van der Waals surface area contributed by atoms with Crippen molar-refractivity contribution in [2.45, 2.75) is 19.0 Å². The number of allylic oxidation sites excluding steroid dienone is 8. The molecule has 2 aromatic heterocycles. The van der Waals surface area contributed by atoms with Crippen molar-refractivity contribution in [3.63, 3.8) is 0 Å². The van der Waals surface area contributed by atoms with E-state index in [1.165, 1.54) is 6.07 Å². The number of rotatable bonds is 5. The molecule has 0 atom stereocenters. The van der Waals surface area contributed by atoms with E-state index in [1.54, 1.807) is 60.7 Å². The number of benzene rings is 8. The summed E-state index contributed by atoms with van der Waals surface area (Å²) in [4.78, 5) is 0. The lowest BCUT2D eigenvalue weighted by Gasteiger charge is -2.20. The van der Waals surface area contributed by atoms with E-state index >= 15 is 13.2 Å².